The van der Waals surface area contributed by atoms with Gasteiger partial charge in [0.2, 0.25) is 0 Å². The van der Waals surface area contributed by atoms with E-state index in [1.807, 2.05) is 0 Å². The fourth-order valence-electron chi connectivity index (χ4n) is 3.45. The lowest BCUT2D eigenvalue weighted by Gasteiger charge is -2.20. The molecule has 20 heavy (non-hydrogen) atoms. The van der Waals surface area contributed by atoms with E-state index in [9.17, 15) is 0 Å². The van der Waals surface area contributed by atoms with Crippen molar-refractivity contribution in [1.29, 1.82) is 0 Å². The van der Waals surface area contributed by atoms with Gasteiger partial charge < -0.3 is 0 Å². The molecule has 1 atom stereocenters. The Morgan fingerprint density at radius 2 is 1.20 bits per heavy atom. The van der Waals surface area contributed by atoms with Gasteiger partial charge in [-0.1, -0.05) is 64.7 Å². The Hall–Kier alpha value is 0.350. The molecular weight excluding hydrogens is 260 g/mol. The first kappa shape index (κ1) is 18.4. The molecule has 1 heteroatoms. The molecule has 0 aliphatic heterocycles. The second kappa shape index (κ2) is 13.0. The average Bonchev–Trinajstić information content (AvgIpc) is 2.50. The zero-order chi connectivity index (χ0) is 14.5. The zero-order valence-electron chi connectivity index (χ0n) is 14.3. The fourth-order valence-corrected chi connectivity index (χ4v) is 5.58. The Balaban J connectivity index is 1.82. The van der Waals surface area contributed by atoms with Gasteiger partial charge in [0.15, 0.2) is 0 Å². The van der Waals surface area contributed by atoms with Gasteiger partial charge in [0.25, 0.3) is 0 Å². The van der Waals surface area contributed by atoms with E-state index < -0.39 is 0 Å². The summed E-state index contributed by atoms with van der Waals surface area (Å²) >= 11 is 0. The van der Waals surface area contributed by atoms with Crippen LogP contribution >= 0.6 is 0 Å². The van der Waals surface area contributed by atoms with Crippen LogP contribution in [0.1, 0.15) is 103 Å². The van der Waals surface area contributed by atoms with E-state index in [4.69, 9.17) is 0 Å². The summed E-state index contributed by atoms with van der Waals surface area (Å²) < 4.78 is 0. The molecule has 0 nitrogen and oxygen atoms in total. The van der Waals surface area contributed by atoms with Crippen LogP contribution in [-0.4, -0.2) is 17.3 Å². The molecule has 1 aliphatic rings. The standard InChI is InChI=1S/C19H39S/c1-3-4-5-6-7-8-9-10-11-15-18-20(2)19-16-13-12-14-17-19/h19H,3-18H2,1-2H3/q+1. The van der Waals surface area contributed by atoms with E-state index in [1.165, 1.54) is 102 Å². The van der Waals surface area contributed by atoms with Crippen molar-refractivity contribution in [3.63, 3.8) is 0 Å². The molecule has 0 spiro atoms. The van der Waals surface area contributed by atoms with Crippen molar-refractivity contribution in [1.82, 2.24) is 0 Å². The van der Waals surface area contributed by atoms with Crippen molar-refractivity contribution in [2.24, 2.45) is 0 Å². The molecule has 1 unspecified atom stereocenters. The highest BCUT2D eigenvalue weighted by Crippen LogP contribution is 2.25. The summed E-state index contributed by atoms with van der Waals surface area (Å²) in [5, 5.41) is 1.10. The summed E-state index contributed by atoms with van der Waals surface area (Å²) in [6.07, 6.45) is 24.9. The van der Waals surface area contributed by atoms with E-state index in [0.29, 0.717) is 0 Å². The molecule has 0 bridgehead atoms. The number of rotatable bonds is 12. The third-order valence-electron chi connectivity index (χ3n) is 4.94. The van der Waals surface area contributed by atoms with E-state index in [2.05, 4.69) is 13.2 Å². The Morgan fingerprint density at radius 1 is 0.700 bits per heavy atom. The molecular formula is C19H39S+. The molecule has 1 fully saturated rings. The van der Waals surface area contributed by atoms with Crippen LogP contribution in [0.2, 0.25) is 0 Å². The minimum absolute atomic E-state index is 0.731. The maximum Gasteiger partial charge on any atom is 0.118 e. The maximum absolute atomic E-state index is 2.55. The van der Waals surface area contributed by atoms with E-state index in [-0.39, 0.29) is 0 Å². The van der Waals surface area contributed by atoms with Gasteiger partial charge in [-0.15, -0.1) is 0 Å². The van der Waals surface area contributed by atoms with Gasteiger partial charge in [0.05, 0.1) is 6.26 Å². The molecule has 0 heterocycles. The van der Waals surface area contributed by atoms with Gasteiger partial charge in [-0.3, -0.25) is 0 Å². The van der Waals surface area contributed by atoms with Gasteiger partial charge in [-0.05, 0) is 49.4 Å². The fraction of sp³-hybridized carbons (Fsp3) is 1.00. The molecule has 0 N–H and O–H groups in total. The largest absolute Gasteiger partial charge is 0.118 e. The first-order valence-electron chi connectivity index (χ1n) is 9.46. The first-order chi connectivity index (χ1) is 9.84. The van der Waals surface area contributed by atoms with E-state index in [1.54, 1.807) is 0 Å². The average molecular weight is 300 g/mol. The lowest BCUT2D eigenvalue weighted by Crippen LogP contribution is -2.25. The van der Waals surface area contributed by atoms with Crippen molar-refractivity contribution in [2.75, 3.05) is 12.0 Å². The number of hydrogen-bond donors (Lipinski definition) is 0. The molecule has 0 aromatic heterocycles. The highest BCUT2D eigenvalue weighted by Gasteiger charge is 2.26. The summed E-state index contributed by atoms with van der Waals surface area (Å²) in [4.78, 5) is 0. The minimum atomic E-state index is 0.731. The molecule has 1 saturated carbocycles. The predicted octanol–water partition coefficient (Wildman–Crippen LogP) is 6.49. The van der Waals surface area contributed by atoms with Gasteiger partial charge in [-0.25, -0.2) is 0 Å². The lowest BCUT2D eigenvalue weighted by molar-refractivity contribution is 0.512. The topological polar surface area (TPSA) is 0 Å². The van der Waals surface area contributed by atoms with Crippen LogP contribution in [0, 0.1) is 0 Å². The summed E-state index contributed by atoms with van der Waals surface area (Å²) in [6, 6.07) is 0. The van der Waals surface area contributed by atoms with Crippen LogP contribution in [0.5, 0.6) is 0 Å². The van der Waals surface area contributed by atoms with Gasteiger partial charge >= 0.3 is 0 Å². The maximum atomic E-state index is 2.55. The molecule has 0 aromatic rings. The van der Waals surface area contributed by atoms with Crippen LogP contribution in [0.3, 0.4) is 0 Å². The van der Waals surface area contributed by atoms with Crippen LogP contribution in [0.4, 0.5) is 0 Å². The number of unbranched alkanes of at least 4 members (excludes halogenated alkanes) is 9. The first-order valence-corrected chi connectivity index (χ1v) is 11.3. The monoisotopic (exact) mass is 299 g/mol. The van der Waals surface area contributed by atoms with Crippen LogP contribution in [0.25, 0.3) is 0 Å². The summed E-state index contributed by atoms with van der Waals surface area (Å²) in [5.41, 5.74) is 0. The van der Waals surface area contributed by atoms with Gasteiger partial charge in [0, 0.05) is 0 Å². The minimum Gasteiger partial charge on any atom is -0.0654 e. The summed E-state index contributed by atoms with van der Waals surface area (Å²) in [7, 11) is 0.731. The lowest BCUT2D eigenvalue weighted by atomic mass is 10.0. The third-order valence-corrected chi connectivity index (χ3v) is 7.48. The van der Waals surface area contributed by atoms with Gasteiger partial charge in [0.1, 0.15) is 11.0 Å². The van der Waals surface area contributed by atoms with Gasteiger partial charge in [-0.2, -0.15) is 0 Å². The molecule has 1 rings (SSSR count). The van der Waals surface area contributed by atoms with Crippen LogP contribution < -0.4 is 0 Å². The van der Waals surface area contributed by atoms with Crippen molar-refractivity contribution in [3.05, 3.63) is 0 Å². The quantitative estimate of drug-likeness (QED) is 0.285. The Morgan fingerprint density at radius 3 is 1.75 bits per heavy atom. The van der Waals surface area contributed by atoms with Crippen molar-refractivity contribution < 1.29 is 0 Å². The third kappa shape index (κ3) is 9.32. The molecule has 1 aliphatic carbocycles. The normalized spacial score (nSPS) is 18.3. The molecule has 120 valence electrons. The van der Waals surface area contributed by atoms with Crippen molar-refractivity contribution in [3.8, 4) is 0 Å². The SMILES string of the molecule is CCCCCCCCCCCC[S+](C)C1CCCCC1. The van der Waals surface area contributed by atoms with Crippen LogP contribution in [-0.2, 0) is 10.9 Å². The highest BCUT2D eigenvalue weighted by molar-refractivity contribution is 7.96. The Labute approximate surface area is 131 Å². The highest BCUT2D eigenvalue weighted by atomic mass is 32.2. The molecule has 0 aromatic carbocycles. The van der Waals surface area contributed by atoms with Crippen LogP contribution in [0.15, 0.2) is 0 Å². The summed E-state index contributed by atoms with van der Waals surface area (Å²) in [6.45, 7) is 2.30. The smallest absolute Gasteiger partial charge is 0.0654 e. The second-order valence-corrected chi connectivity index (χ2v) is 9.29. The summed E-state index contributed by atoms with van der Waals surface area (Å²) in [5.74, 6) is 1.53. The molecule has 0 amide bonds. The zero-order valence-corrected chi connectivity index (χ0v) is 15.1. The Kier molecular flexibility index (Phi) is 12.0. The number of hydrogen-bond acceptors (Lipinski definition) is 0. The van der Waals surface area contributed by atoms with E-state index >= 15 is 0 Å². The Bertz CT molecular complexity index is 196. The van der Waals surface area contributed by atoms with Crippen molar-refractivity contribution in [2.45, 2.75) is 108 Å². The second-order valence-electron chi connectivity index (χ2n) is 6.84. The molecule has 0 saturated heterocycles. The predicted molar refractivity (Wildman–Crippen MR) is 96.9 cm³/mol. The van der Waals surface area contributed by atoms with E-state index in [0.717, 1.165) is 16.1 Å². The van der Waals surface area contributed by atoms with Crippen molar-refractivity contribution >= 4 is 10.9 Å². The molecule has 0 radical (unpaired) electrons.